The molecule has 3 aromatic heterocycles. The monoisotopic (exact) mass is 593 g/mol. The number of aromatic amines is 1. The molecular formula is C18H22F2N9O10P. The number of nitrogens with one attached hydrogen (secondary N) is 1. The Morgan fingerprint density at radius 1 is 1.07 bits per heavy atom. The van der Waals surface area contributed by atoms with Crippen LogP contribution in [-0.4, -0.2) is 99.1 Å². The van der Waals surface area contributed by atoms with Gasteiger partial charge in [-0.05, 0) is 0 Å². The molecule has 0 bridgehead atoms. The van der Waals surface area contributed by atoms with E-state index in [9.17, 15) is 33.7 Å². The highest BCUT2D eigenvalue weighted by Crippen LogP contribution is 2.50. The third kappa shape index (κ3) is 5.08. The van der Waals surface area contributed by atoms with Crippen molar-refractivity contribution < 1.29 is 47.0 Å². The Morgan fingerprint density at radius 2 is 1.75 bits per heavy atom. The van der Waals surface area contributed by atoms with Crippen LogP contribution >= 0.6 is 7.82 Å². The van der Waals surface area contributed by atoms with Crippen molar-refractivity contribution in [1.82, 2.24) is 34.1 Å². The molecule has 5 rings (SSSR count). The molecule has 40 heavy (non-hydrogen) atoms. The highest BCUT2D eigenvalue weighted by molar-refractivity contribution is 7.47. The second kappa shape index (κ2) is 10.5. The van der Waals surface area contributed by atoms with E-state index >= 15 is 4.39 Å². The van der Waals surface area contributed by atoms with Crippen LogP contribution in [0.4, 0.5) is 20.7 Å². The first-order chi connectivity index (χ1) is 18.9. The summed E-state index contributed by atoms with van der Waals surface area (Å²) in [5, 5.41) is 19.8. The topological polar surface area (TPSA) is 278 Å². The van der Waals surface area contributed by atoms with Crippen molar-refractivity contribution in [2.75, 3.05) is 24.7 Å². The van der Waals surface area contributed by atoms with E-state index in [-0.39, 0.29) is 23.1 Å². The Kier molecular flexibility index (Phi) is 7.39. The SMILES string of the molecule is Nc1ncn([C@@H]2O[C@H](COP(=O)(O)O[C@H]3[C@@H](F)[C@H](n4cnc5c(=O)[nH]c(N)nc54)O[C@@H]3CO)[C@@H](O)[C@H]2F)c(=O)n1. The first kappa shape index (κ1) is 28.1. The van der Waals surface area contributed by atoms with Gasteiger partial charge in [-0.15, -0.1) is 0 Å². The van der Waals surface area contributed by atoms with Gasteiger partial charge in [-0.2, -0.15) is 9.97 Å². The van der Waals surface area contributed by atoms with Crippen LogP contribution in [0.3, 0.4) is 0 Å². The van der Waals surface area contributed by atoms with E-state index < -0.39 is 81.5 Å². The molecule has 22 heteroatoms. The molecule has 2 aliphatic heterocycles. The Bertz CT molecular complexity index is 1570. The van der Waals surface area contributed by atoms with Gasteiger partial charge in [-0.25, -0.2) is 28.1 Å². The van der Waals surface area contributed by atoms with Crippen LogP contribution in [0.5, 0.6) is 0 Å². The Hall–Kier alpha value is -3.43. The van der Waals surface area contributed by atoms with Crippen LogP contribution in [0, 0.1) is 0 Å². The zero-order chi connectivity index (χ0) is 28.9. The van der Waals surface area contributed by atoms with Crippen LogP contribution in [0.25, 0.3) is 11.2 Å². The molecule has 2 saturated heterocycles. The van der Waals surface area contributed by atoms with Gasteiger partial charge in [0.1, 0.15) is 30.7 Å². The number of aliphatic hydroxyl groups is 2. The summed E-state index contributed by atoms with van der Waals surface area (Å²) >= 11 is 0. The maximum absolute atomic E-state index is 15.5. The number of nitrogens with two attached hydrogens (primary N) is 2. The minimum Gasteiger partial charge on any atom is -0.394 e. The number of phosphoric acid groups is 1. The van der Waals surface area contributed by atoms with Crippen LogP contribution in [0.2, 0.25) is 0 Å². The van der Waals surface area contributed by atoms with Gasteiger partial charge in [-0.3, -0.25) is 28.0 Å². The quantitative estimate of drug-likeness (QED) is 0.144. The largest absolute Gasteiger partial charge is 0.472 e. The molecule has 19 nitrogen and oxygen atoms in total. The number of hydrogen-bond acceptors (Lipinski definition) is 15. The summed E-state index contributed by atoms with van der Waals surface area (Å²) in [4.78, 5) is 51.0. The molecule has 0 aromatic carbocycles. The van der Waals surface area contributed by atoms with Gasteiger partial charge >= 0.3 is 13.5 Å². The number of rotatable bonds is 8. The fourth-order valence-electron chi connectivity index (χ4n) is 4.27. The number of anilines is 2. The number of phosphoric ester groups is 1. The van der Waals surface area contributed by atoms with Gasteiger partial charge in [0.15, 0.2) is 36.0 Å². The van der Waals surface area contributed by atoms with E-state index in [1.165, 1.54) is 0 Å². The van der Waals surface area contributed by atoms with E-state index in [1.54, 1.807) is 0 Å². The van der Waals surface area contributed by atoms with Crippen molar-refractivity contribution in [3.63, 3.8) is 0 Å². The lowest BCUT2D eigenvalue weighted by Gasteiger charge is -2.22. The molecule has 8 N–H and O–H groups in total. The van der Waals surface area contributed by atoms with Gasteiger partial charge < -0.3 is 36.0 Å². The average Bonchev–Trinajstić information content (AvgIpc) is 3.53. The van der Waals surface area contributed by atoms with Crippen LogP contribution in [0.1, 0.15) is 12.5 Å². The molecule has 3 aromatic rings. The minimum atomic E-state index is -5.17. The molecule has 0 spiro atoms. The molecule has 0 saturated carbocycles. The van der Waals surface area contributed by atoms with Gasteiger partial charge in [0.25, 0.3) is 5.56 Å². The Labute approximate surface area is 219 Å². The summed E-state index contributed by atoms with van der Waals surface area (Å²) < 4.78 is 64.8. The lowest BCUT2D eigenvalue weighted by Crippen LogP contribution is -2.35. The number of halogens is 2. The highest BCUT2D eigenvalue weighted by Gasteiger charge is 2.51. The van der Waals surface area contributed by atoms with Gasteiger partial charge in [0, 0.05) is 0 Å². The Balaban J connectivity index is 1.28. The normalized spacial score (nSPS) is 32.0. The van der Waals surface area contributed by atoms with Gasteiger partial charge in [0.05, 0.1) is 19.5 Å². The predicted molar refractivity (Wildman–Crippen MR) is 125 cm³/mol. The number of alkyl halides is 2. The van der Waals surface area contributed by atoms with Gasteiger partial charge in [-0.1, -0.05) is 0 Å². The summed E-state index contributed by atoms with van der Waals surface area (Å²) in [6.07, 6.45) is -12.8. The fourth-order valence-corrected chi connectivity index (χ4v) is 5.22. The standard InChI is InChI=1S/C18H22F2N9O10P/c19-7-10(31)6(38-14(7)29-4-24-16(21)27-18(29)33)2-36-40(34,35)39-11-5(1-30)37-15(8(11)20)28-3-23-9-12(28)25-17(22)26-13(9)32/h3-8,10-11,14-15,30-31H,1-2H2,(H,34,35)(H2,21,27,33)(H3,22,25,26,32)/t5-,6-,7-,8-,10-,11-,14-,15-/m1/s1. The number of hydrogen-bond donors (Lipinski definition) is 6. The minimum absolute atomic E-state index is 0.164. The van der Waals surface area contributed by atoms with Gasteiger partial charge in [0.2, 0.25) is 11.9 Å². The smallest absolute Gasteiger partial charge is 0.394 e. The number of aliphatic hydroxyl groups excluding tert-OH is 2. The number of imidazole rings is 1. The molecule has 218 valence electrons. The lowest BCUT2D eigenvalue weighted by atomic mass is 10.1. The van der Waals surface area contributed by atoms with Crippen LogP contribution in [0.15, 0.2) is 22.2 Å². The average molecular weight is 593 g/mol. The zero-order valence-electron chi connectivity index (χ0n) is 19.9. The molecule has 2 aliphatic rings. The Morgan fingerprint density at radius 3 is 2.45 bits per heavy atom. The molecule has 2 fully saturated rings. The van der Waals surface area contributed by atoms with E-state index in [0.29, 0.717) is 4.57 Å². The van der Waals surface area contributed by atoms with E-state index in [0.717, 1.165) is 17.2 Å². The number of H-pyrrole nitrogens is 1. The third-order valence-corrected chi connectivity index (χ3v) is 7.13. The maximum atomic E-state index is 15.5. The number of ether oxygens (including phenoxy) is 2. The van der Waals surface area contributed by atoms with Crippen molar-refractivity contribution >= 4 is 30.9 Å². The molecule has 0 radical (unpaired) electrons. The third-order valence-electron chi connectivity index (χ3n) is 6.14. The van der Waals surface area contributed by atoms with E-state index in [2.05, 4.69) is 24.9 Å². The van der Waals surface area contributed by atoms with E-state index in [4.69, 9.17) is 30.0 Å². The summed E-state index contributed by atoms with van der Waals surface area (Å²) in [5.41, 5.74) is 8.73. The van der Waals surface area contributed by atoms with Crippen molar-refractivity contribution in [3.8, 4) is 0 Å². The highest BCUT2D eigenvalue weighted by atomic mass is 31.2. The summed E-state index contributed by atoms with van der Waals surface area (Å²) in [7, 11) is -5.17. The lowest BCUT2D eigenvalue weighted by molar-refractivity contribution is -0.0582. The van der Waals surface area contributed by atoms with Crippen LogP contribution < -0.4 is 22.7 Å². The first-order valence-electron chi connectivity index (χ1n) is 11.4. The molecule has 9 atom stereocenters. The summed E-state index contributed by atoms with van der Waals surface area (Å²) in [6.45, 7) is -1.80. The summed E-state index contributed by atoms with van der Waals surface area (Å²) in [5.74, 6) is -0.676. The van der Waals surface area contributed by atoms with Crippen molar-refractivity contribution in [2.45, 2.75) is 49.2 Å². The predicted octanol–water partition coefficient (Wildman–Crippen LogP) is -2.74. The number of nitrogens with zero attached hydrogens (tertiary/aromatic N) is 6. The molecule has 0 aliphatic carbocycles. The molecule has 1 unspecified atom stereocenters. The second-order valence-corrected chi connectivity index (χ2v) is 10.1. The molecule has 0 amide bonds. The number of nitrogen functional groups attached to an aromatic ring is 2. The van der Waals surface area contributed by atoms with Crippen molar-refractivity contribution in [1.29, 1.82) is 0 Å². The maximum Gasteiger partial charge on any atom is 0.472 e. The van der Waals surface area contributed by atoms with Crippen molar-refractivity contribution in [3.05, 3.63) is 33.5 Å². The summed E-state index contributed by atoms with van der Waals surface area (Å²) in [6, 6.07) is 0. The van der Waals surface area contributed by atoms with E-state index in [1.807, 2.05) is 0 Å². The fraction of sp³-hybridized carbons (Fsp3) is 0.556. The van der Waals surface area contributed by atoms with Crippen LogP contribution in [-0.2, 0) is 23.1 Å². The zero-order valence-corrected chi connectivity index (χ0v) is 20.8. The van der Waals surface area contributed by atoms with Crippen molar-refractivity contribution in [2.24, 2.45) is 0 Å². The molecular weight excluding hydrogens is 571 g/mol. The molecule has 5 heterocycles. The number of aromatic nitrogens is 7. The second-order valence-electron chi connectivity index (χ2n) is 8.71. The first-order valence-corrected chi connectivity index (χ1v) is 12.9. The number of fused-ring (bicyclic) bond motifs is 1.